The summed E-state index contributed by atoms with van der Waals surface area (Å²) >= 11 is 5.95. The highest BCUT2D eigenvalue weighted by molar-refractivity contribution is 6.32. The summed E-state index contributed by atoms with van der Waals surface area (Å²) in [6.45, 7) is 3.08. The predicted octanol–water partition coefficient (Wildman–Crippen LogP) is 2.19. The van der Waals surface area contributed by atoms with Gasteiger partial charge in [-0.05, 0) is 12.1 Å². The zero-order chi connectivity index (χ0) is 13.5. The molecule has 4 nitrogen and oxygen atoms in total. The van der Waals surface area contributed by atoms with E-state index in [1.807, 2.05) is 19.1 Å². The highest BCUT2D eigenvalue weighted by Crippen LogP contribution is 2.22. The quantitative estimate of drug-likeness (QED) is 0.876. The van der Waals surface area contributed by atoms with Crippen LogP contribution in [0.4, 0.5) is 0 Å². The van der Waals surface area contributed by atoms with E-state index in [9.17, 15) is 4.79 Å². The minimum absolute atomic E-state index is 0. The standard InChI is InChI=1S/C13H19ClN2O2.ClH/c1-10(9-15)13(17)16(2)7-8-18-12-6-4-3-5-11(12)14;/h3-6,10H,7-9,15H2,1-2H3;1H. The Morgan fingerprint density at radius 3 is 2.68 bits per heavy atom. The number of benzene rings is 1. The highest BCUT2D eigenvalue weighted by Gasteiger charge is 2.15. The van der Waals surface area contributed by atoms with Crippen LogP contribution < -0.4 is 10.5 Å². The van der Waals surface area contributed by atoms with Crippen LogP contribution in [0.3, 0.4) is 0 Å². The molecular formula is C13H20Cl2N2O2. The molecule has 1 atom stereocenters. The van der Waals surface area contributed by atoms with Gasteiger partial charge in [-0.25, -0.2) is 0 Å². The van der Waals surface area contributed by atoms with Crippen LogP contribution >= 0.6 is 24.0 Å². The fourth-order valence-electron chi connectivity index (χ4n) is 1.44. The molecule has 0 saturated heterocycles. The largest absolute Gasteiger partial charge is 0.490 e. The molecule has 6 heteroatoms. The first kappa shape index (κ1) is 18.0. The van der Waals surface area contributed by atoms with Gasteiger partial charge in [0.05, 0.1) is 11.6 Å². The van der Waals surface area contributed by atoms with Gasteiger partial charge in [0, 0.05) is 19.5 Å². The smallest absolute Gasteiger partial charge is 0.226 e. The Labute approximate surface area is 125 Å². The van der Waals surface area contributed by atoms with Crippen LogP contribution in [0.1, 0.15) is 6.92 Å². The van der Waals surface area contributed by atoms with Crippen LogP contribution in [0.15, 0.2) is 24.3 Å². The number of carbonyl (C=O) groups excluding carboxylic acids is 1. The molecule has 1 aromatic rings. The molecule has 0 radical (unpaired) electrons. The molecule has 0 fully saturated rings. The van der Waals surface area contributed by atoms with Gasteiger partial charge < -0.3 is 15.4 Å². The van der Waals surface area contributed by atoms with Crippen molar-refractivity contribution in [2.75, 3.05) is 26.7 Å². The third-order valence-electron chi connectivity index (χ3n) is 2.67. The van der Waals surface area contributed by atoms with Crippen molar-refractivity contribution in [1.29, 1.82) is 0 Å². The SMILES string of the molecule is CC(CN)C(=O)N(C)CCOc1ccccc1Cl.Cl. The average molecular weight is 307 g/mol. The summed E-state index contributed by atoms with van der Waals surface area (Å²) in [5.41, 5.74) is 5.45. The Morgan fingerprint density at radius 2 is 2.11 bits per heavy atom. The first-order valence-corrected chi connectivity index (χ1v) is 6.26. The van der Waals surface area contributed by atoms with Crippen molar-refractivity contribution >= 4 is 29.9 Å². The van der Waals surface area contributed by atoms with Gasteiger partial charge in [-0.1, -0.05) is 30.7 Å². The van der Waals surface area contributed by atoms with Crippen LogP contribution in [0.2, 0.25) is 5.02 Å². The number of rotatable bonds is 6. The molecular weight excluding hydrogens is 287 g/mol. The first-order chi connectivity index (χ1) is 8.56. The maximum Gasteiger partial charge on any atom is 0.226 e. The second-order valence-electron chi connectivity index (χ2n) is 4.18. The Hall–Kier alpha value is -0.970. The minimum Gasteiger partial charge on any atom is -0.490 e. The second kappa shape index (κ2) is 9.02. The van der Waals surface area contributed by atoms with Crippen molar-refractivity contribution in [2.24, 2.45) is 11.7 Å². The number of hydrogen-bond donors (Lipinski definition) is 1. The van der Waals surface area contributed by atoms with E-state index in [2.05, 4.69) is 0 Å². The van der Waals surface area contributed by atoms with E-state index in [0.717, 1.165) is 0 Å². The Bertz CT molecular complexity index is 402. The number of nitrogens with zero attached hydrogens (tertiary/aromatic N) is 1. The Balaban J connectivity index is 0.00000324. The van der Waals surface area contributed by atoms with Gasteiger partial charge in [-0.2, -0.15) is 0 Å². The topological polar surface area (TPSA) is 55.6 Å². The van der Waals surface area contributed by atoms with Crippen LogP contribution in [0.5, 0.6) is 5.75 Å². The molecule has 0 aliphatic rings. The minimum atomic E-state index is -0.157. The molecule has 1 unspecified atom stereocenters. The van der Waals surface area contributed by atoms with Crippen LogP contribution in [0.25, 0.3) is 0 Å². The van der Waals surface area contributed by atoms with Crippen molar-refractivity contribution in [3.63, 3.8) is 0 Å². The fraction of sp³-hybridized carbons (Fsp3) is 0.462. The molecule has 1 aromatic carbocycles. The molecule has 0 bridgehead atoms. The number of amides is 1. The second-order valence-corrected chi connectivity index (χ2v) is 4.58. The predicted molar refractivity (Wildman–Crippen MR) is 80.1 cm³/mol. The Morgan fingerprint density at radius 1 is 1.47 bits per heavy atom. The monoisotopic (exact) mass is 306 g/mol. The van der Waals surface area contributed by atoms with Crippen LogP contribution in [-0.2, 0) is 4.79 Å². The summed E-state index contributed by atoms with van der Waals surface area (Å²) in [6.07, 6.45) is 0. The van der Waals surface area contributed by atoms with E-state index in [4.69, 9.17) is 22.1 Å². The average Bonchev–Trinajstić information content (AvgIpc) is 2.39. The third kappa shape index (κ3) is 5.68. The molecule has 1 amide bonds. The van der Waals surface area contributed by atoms with Gasteiger partial charge in [-0.3, -0.25) is 4.79 Å². The number of halogens is 2. The number of hydrogen-bond acceptors (Lipinski definition) is 3. The number of likely N-dealkylation sites (N-methyl/N-ethyl adjacent to an activating group) is 1. The normalized spacial score (nSPS) is 11.4. The molecule has 1 rings (SSSR count). The van der Waals surface area contributed by atoms with E-state index in [-0.39, 0.29) is 24.2 Å². The first-order valence-electron chi connectivity index (χ1n) is 5.88. The van der Waals surface area contributed by atoms with Crippen molar-refractivity contribution in [3.8, 4) is 5.75 Å². The molecule has 2 N–H and O–H groups in total. The van der Waals surface area contributed by atoms with Gasteiger partial charge in [0.2, 0.25) is 5.91 Å². The lowest BCUT2D eigenvalue weighted by Crippen LogP contribution is -2.37. The zero-order valence-corrected chi connectivity index (χ0v) is 12.7. The summed E-state index contributed by atoms with van der Waals surface area (Å²) in [6, 6.07) is 7.26. The summed E-state index contributed by atoms with van der Waals surface area (Å²) in [7, 11) is 1.74. The summed E-state index contributed by atoms with van der Waals surface area (Å²) in [5, 5.41) is 0.571. The molecule has 108 valence electrons. The lowest BCUT2D eigenvalue weighted by molar-refractivity contribution is -0.133. The molecule has 0 spiro atoms. The molecule has 0 aliphatic carbocycles. The van der Waals surface area contributed by atoms with E-state index < -0.39 is 0 Å². The number of ether oxygens (including phenoxy) is 1. The molecule has 0 saturated carbocycles. The molecule has 0 aromatic heterocycles. The van der Waals surface area contributed by atoms with Gasteiger partial charge >= 0.3 is 0 Å². The molecule has 0 heterocycles. The number of para-hydroxylation sites is 1. The molecule has 19 heavy (non-hydrogen) atoms. The van der Waals surface area contributed by atoms with Crippen molar-refractivity contribution in [3.05, 3.63) is 29.3 Å². The van der Waals surface area contributed by atoms with Crippen LogP contribution in [0, 0.1) is 5.92 Å². The fourth-order valence-corrected chi connectivity index (χ4v) is 1.63. The van der Waals surface area contributed by atoms with E-state index in [1.54, 1.807) is 24.1 Å². The van der Waals surface area contributed by atoms with Gasteiger partial charge in [0.15, 0.2) is 0 Å². The molecule has 0 aliphatic heterocycles. The van der Waals surface area contributed by atoms with E-state index in [1.165, 1.54) is 0 Å². The third-order valence-corrected chi connectivity index (χ3v) is 2.98. The van der Waals surface area contributed by atoms with Crippen molar-refractivity contribution < 1.29 is 9.53 Å². The zero-order valence-electron chi connectivity index (χ0n) is 11.1. The van der Waals surface area contributed by atoms with E-state index in [0.29, 0.717) is 30.5 Å². The highest BCUT2D eigenvalue weighted by atomic mass is 35.5. The van der Waals surface area contributed by atoms with Crippen molar-refractivity contribution in [2.45, 2.75) is 6.92 Å². The van der Waals surface area contributed by atoms with E-state index >= 15 is 0 Å². The maximum absolute atomic E-state index is 11.7. The summed E-state index contributed by atoms with van der Waals surface area (Å²) in [5.74, 6) is 0.502. The summed E-state index contributed by atoms with van der Waals surface area (Å²) < 4.78 is 5.51. The lowest BCUT2D eigenvalue weighted by atomic mass is 10.1. The number of nitrogens with two attached hydrogens (primary N) is 1. The lowest BCUT2D eigenvalue weighted by Gasteiger charge is -2.20. The maximum atomic E-state index is 11.7. The van der Waals surface area contributed by atoms with Gasteiger partial charge in [-0.15, -0.1) is 12.4 Å². The van der Waals surface area contributed by atoms with Gasteiger partial charge in [0.25, 0.3) is 0 Å². The Kier molecular flexibility index (Phi) is 8.56. The van der Waals surface area contributed by atoms with Crippen LogP contribution in [-0.4, -0.2) is 37.6 Å². The number of carbonyl (C=O) groups is 1. The van der Waals surface area contributed by atoms with Crippen molar-refractivity contribution in [1.82, 2.24) is 4.90 Å². The van der Waals surface area contributed by atoms with Gasteiger partial charge in [0.1, 0.15) is 12.4 Å². The summed E-state index contributed by atoms with van der Waals surface area (Å²) in [4.78, 5) is 13.4.